The van der Waals surface area contributed by atoms with Crippen LogP contribution in [0, 0.1) is 11.8 Å². The Bertz CT molecular complexity index is 727. The molecule has 0 aromatic heterocycles. The summed E-state index contributed by atoms with van der Waals surface area (Å²) in [6.45, 7) is 8.78. The number of carbonyl (C=O) groups excluding carboxylic acids is 2. The monoisotopic (exact) mass is 450 g/mol. The van der Waals surface area contributed by atoms with Crippen molar-refractivity contribution in [3.05, 3.63) is 12.7 Å². The lowest BCUT2D eigenvalue weighted by Gasteiger charge is -2.39. The Morgan fingerprint density at radius 2 is 2.06 bits per heavy atom. The number of nitrogens with zero attached hydrogens (tertiary/aromatic N) is 2. The zero-order valence-corrected chi connectivity index (χ0v) is 19.4. The fourth-order valence-corrected chi connectivity index (χ4v) is 6.06. The molecule has 6 atom stereocenters. The van der Waals surface area contributed by atoms with Gasteiger partial charge in [0.25, 0.3) is 0 Å². The SMILES string of the molecule is C=CCN(C(=O)C1N(CCCCCCO)C(=O)[C@@H]2[C@@H](C(=O)O)[C@H]3CCC12O3)C(C)CCC. The minimum atomic E-state index is -1.06. The molecule has 3 rings (SSSR count). The van der Waals surface area contributed by atoms with Crippen molar-refractivity contribution >= 4 is 17.8 Å². The molecule has 2 amide bonds. The molecule has 3 heterocycles. The summed E-state index contributed by atoms with van der Waals surface area (Å²) in [5.74, 6) is -3.15. The number of likely N-dealkylation sites (tertiary alicyclic amines) is 1. The van der Waals surface area contributed by atoms with E-state index >= 15 is 0 Å². The number of hydrogen-bond acceptors (Lipinski definition) is 5. The number of unbranched alkanes of at least 4 members (excludes halogenated alkanes) is 3. The number of carboxylic acids is 1. The van der Waals surface area contributed by atoms with E-state index in [4.69, 9.17) is 9.84 Å². The van der Waals surface area contributed by atoms with Gasteiger partial charge in [-0.1, -0.05) is 32.3 Å². The second-order valence-corrected chi connectivity index (χ2v) is 9.48. The van der Waals surface area contributed by atoms with Gasteiger partial charge in [0, 0.05) is 25.7 Å². The van der Waals surface area contributed by atoms with Gasteiger partial charge < -0.3 is 24.7 Å². The molecule has 0 aromatic carbocycles. The zero-order valence-electron chi connectivity index (χ0n) is 19.4. The van der Waals surface area contributed by atoms with E-state index in [2.05, 4.69) is 13.5 Å². The molecule has 0 aliphatic carbocycles. The van der Waals surface area contributed by atoms with Crippen molar-refractivity contribution in [3.8, 4) is 0 Å². The van der Waals surface area contributed by atoms with Crippen LogP contribution in [-0.2, 0) is 19.1 Å². The molecular formula is C24H38N2O6. The van der Waals surface area contributed by atoms with Gasteiger partial charge in [-0.25, -0.2) is 0 Å². The smallest absolute Gasteiger partial charge is 0.310 e. The number of fused-ring (bicyclic) bond motifs is 1. The van der Waals surface area contributed by atoms with Crippen LogP contribution in [0.5, 0.6) is 0 Å². The van der Waals surface area contributed by atoms with Crippen LogP contribution in [0.2, 0.25) is 0 Å². The molecule has 3 saturated heterocycles. The highest BCUT2D eigenvalue weighted by Gasteiger charge is 2.74. The highest BCUT2D eigenvalue weighted by atomic mass is 16.5. The summed E-state index contributed by atoms with van der Waals surface area (Å²) in [5.41, 5.74) is -1.06. The van der Waals surface area contributed by atoms with Crippen molar-refractivity contribution in [2.45, 2.75) is 89.0 Å². The highest BCUT2D eigenvalue weighted by molar-refractivity contribution is 5.98. The number of carbonyl (C=O) groups is 3. The van der Waals surface area contributed by atoms with Crippen molar-refractivity contribution in [2.75, 3.05) is 19.7 Å². The third kappa shape index (κ3) is 4.19. The largest absolute Gasteiger partial charge is 0.481 e. The number of hydrogen-bond donors (Lipinski definition) is 2. The van der Waals surface area contributed by atoms with Crippen LogP contribution in [-0.4, -0.2) is 81.3 Å². The van der Waals surface area contributed by atoms with Crippen LogP contribution in [0.1, 0.15) is 65.2 Å². The van der Waals surface area contributed by atoms with E-state index in [1.165, 1.54) is 0 Å². The number of aliphatic hydroxyl groups is 1. The predicted octanol–water partition coefficient (Wildman–Crippen LogP) is 2.20. The summed E-state index contributed by atoms with van der Waals surface area (Å²) in [6, 6.07) is -0.817. The Kier molecular flexibility index (Phi) is 7.98. The highest BCUT2D eigenvalue weighted by Crippen LogP contribution is 2.58. The quantitative estimate of drug-likeness (QED) is 0.329. The Morgan fingerprint density at radius 3 is 2.69 bits per heavy atom. The van der Waals surface area contributed by atoms with E-state index in [-0.39, 0.29) is 24.5 Å². The minimum absolute atomic E-state index is 0.0173. The third-order valence-corrected chi connectivity index (χ3v) is 7.47. The maximum atomic E-state index is 14.0. The molecule has 3 aliphatic rings. The van der Waals surface area contributed by atoms with Crippen molar-refractivity contribution in [1.82, 2.24) is 9.80 Å². The lowest BCUT2D eigenvalue weighted by molar-refractivity contribution is -0.151. The molecule has 0 radical (unpaired) electrons. The van der Waals surface area contributed by atoms with Gasteiger partial charge in [0.2, 0.25) is 11.8 Å². The first-order valence-electron chi connectivity index (χ1n) is 12.1. The van der Waals surface area contributed by atoms with Crippen LogP contribution in [0.4, 0.5) is 0 Å². The van der Waals surface area contributed by atoms with Crippen molar-refractivity contribution in [2.24, 2.45) is 11.8 Å². The van der Waals surface area contributed by atoms with E-state index in [1.54, 1.807) is 15.9 Å². The molecular weight excluding hydrogens is 412 g/mol. The molecule has 180 valence electrons. The minimum Gasteiger partial charge on any atom is -0.481 e. The lowest BCUT2D eigenvalue weighted by Crippen LogP contribution is -2.57. The molecule has 3 aliphatic heterocycles. The second-order valence-electron chi connectivity index (χ2n) is 9.48. The number of ether oxygens (including phenoxy) is 1. The standard InChI is InChI=1S/C24H38N2O6/c1-4-10-16(3)25(13-5-2)22(29)20-24-12-11-17(32-24)18(23(30)31)19(24)21(28)26(20)14-8-6-7-9-15-27/h5,16-20,27H,2,4,6-15H2,1,3H3,(H,30,31)/t16?,17-,18+,19+,20?,24?/m1/s1. The van der Waals surface area contributed by atoms with Gasteiger partial charge in [-0.05, 0) is 39.0 Å². The maximum absolute atomic E-state index is 14.0. The van der Waals surface area contributed by atoms with Crippen molar-refractivity contribution in [1.29, 1.82) is 0 Å². The van der Waals surface area contributed by atoms with Gasteiger partial charge >= 0.3 is 5.97 Å². The van der Waals surface area contributed by atoms with Crippen LogP contribution >= 0.6 is 0 Å². The van der Waals surface area contributed by atoms with Crippen LogP contribution < -0.4 is 0 Å². The molecule has 1 spiro atoms. The molecule has 3 fully saturated rings. The Morgan fingerprint density at radius 1 is 1.34 bits per heavy atom. The Hall–Kier alpha value is -1.93. The number of aliphatic carboxylic acids is 1. The Labute approximate surface area is 190 Å². The summed E-state index contributed by atoms with van der Waals surface area (Å²) in [7, 11) is 0. The van der Waals surface area contributed by atoms with Gasteiger partial charge in [-0.2, -0.15) is 0 Å². The number of rotatable bonds is 13. The number of carboxylic acid groups (broad SMARTS) is 1. The molecule has 32 heavy (non-hydrogen) atoms. The Balaban J connectivity index is 1.92. The second kappa shape index (κ2) is 10.3. The predicted molar refractivity (Wildman–Crippen MR) is 119 cm³/mol. The van der Waals surface area contributed by atoms with Gasteiger partial charge in [-0.3, -0.25) is 14.4 Å². The third-order valence-electron chi connectivity index (χ3n) is 7.47. The average molecular weight is 451 g/mol. The van der Waals surface area contributed by atoms with Gasteiger partial charge in [-0.15, -0.1) is 6.58 Å². The topological polar surface area (TPSA) is 107 Å². The van der Waals surface area contributed by atoms with E-state index in [0.717, 1.165) is 25.7 Å². The fourth-order valence-electron chi connectivity index (χ4n) is 6.06. The first-order chi connectivity index (χ1) is 15.3. The molecule has 0 saturated carbocycles. The molecule has 3 unspecified atom stereocenters. The lowest BCUT2D eigenvalue weighted by atomic mass is 9.70. The molecule has 2 N–H and O–H groups in total. The van der Waals surface area contributed by atoms with Crippen LogP contribution in [0.15, 0.2) is 12.7 Å². The summed E-state index contributed by atoms with van der Waals surface area (Å²) >= 11 is 0. The summed E-state index contributed by atoms with van der Waals surface area (Å²) in [5, 5.41) is 18.9. The van der Waals surface area contributed by atoms with Crippen LogP contribution in [0.3, 0.4) is 0 Å². The van der Waals surface area contributed by atoms with Crippen molar-refractivity contribution in [3.63, 3.8) is 0 Å². The molecule has 8 nitrogen and oxygen atoms in total. The molecule has 0 aromatic rings. The van der Waals surface area contributed by atoms with Gasteiger partial charge in [0.05, 0.1) is 17.9 Å². The maximum Gasteiger partial charge on any atom is 0.310 e. The van der Waals surface area contributed by atoms with E-state index in [0.29, 0.717) is 38.8 Å². The molecule has 2 bridgehead atoms. The number of aliphatic hydroxyl groups excluding tert-OH is 1. The number of amides is 2. The van der Waals surface area contributed by atoms with Gasteiger partial charge in [0.15, 0.2) is 0 Å². The van der Waals surface area contributed by atoms with Gasteiger partial charge in [0.1, 0.15) is 11.6 Å². The van der Waals surface area contributed by atoms with E-state index in [9.17, 15) is 19.5 Å². The summed E-state index contributed by atoms with van der Waals surface area (Å²) in [6.07, 6.45) is 7.11. The summed E-state index contributed by atoms with van der Waals surface area (Å²) < 4.78 is 6.26. The van der Waals surface area contributed by atoms with Crippen LogP contribution in [0.25, 0.3) is 0 Å². The first kappa shape index (κ1) is 24.7. The first-order valence-corrected chi connectivity index (χ1v) is 12.1. The van der Waals surface area contributed by atoms with Crippen molar-refractivity contribution < 1.29 is 29.3 Å². The molecule has 8 heteroatoms. The van der Waals surface area contributed by atoms with E-state index < -0.39 is 35.6 Å². The zero-order chi connectivity index (χ0) is 23.5. The fraction of sp³-hybridized carbons (Fsp3) is 0.792. The summed E-state index contributed by atoms with van der Waals surface area (Å²) in [4.78, 5) is 42.9. The normalized spacial score (nSPS) is 31.6. The average Bonchev–Trinajstić information content (AvgIpc) is 3.39. The van der Waals surface area contributed by atoms with E-state index in [1.807, 2.05) is 6.92 Å².